The van der Waals surface area contributed by atoms with Crippen LogP contribution in [-0.2, 0) is 20.0 Å². The highest BCUT2D eigenvalue weighted by Crippen LogP contribution is 2.35. The van der Waals surface area contributed by atoms with Crippen molar-refractivity contribution in [2.24, 2.45) is 0 Å². The minimum Gasteiger partial charge on any atom is -0.478 e. The molecule has 4 aromatic carbocycles. The fourth-order valence-electron chi connectivity index (χ4n) is 4.82. The molecule has 0 bridgehead atoms. The Morgan fingerprint density at radius 1 is 0.695 bits per heavy atom. The quantitative estimate of drug-likeness (QED) is 0.0680. The summed E-state index contributed by atoms with van der Waals surface area (Å²) < 4.78 is 54.8. The Balaban J connectivity index is 0.000000216. The van der Waals surface area contributed by atoms with Gasteiger partial charge >= 0.3 is 13.1 Å². The summed E-state index contributed by atoms with van der Waals surface area (Å²) in [5.41, 5.74) is 1.40. The molecule has 5 N–H and O–H groups in total. The number of nitro groups is 2. The first-order valence-corrected chi connectivity index (χ1v) is 20.1. The highest BCUT2D eigenvalue weighted by molar-refractivity contribution is 9.10. The first-order valence-electron chi connectivity index (χ1n) is 16.3. The van der Waals surface area contributed by atoms with E-state index >= 15 is 0 Å². The molecule has 0 aliphatic heterocycles. The summed E-state index contributed by atoms with van der Waals surface area (Å²) in [6.45, 7) is 3.33. The van der Waals surface area contributed by atoms with Crippen molar-refractivity contribution in [1.29, 1.82) is 0 Å². The van der Waals surface area contributed by atoms with Crippen LogP contribution in [0.5, 0.6) is 0 Å². The Hall–Kier alpha value is -6.73. The summed E-state index contributed by atoms with van der Waals surface area (Å²) in [7, 11) is -9.63. The molecule has 20 nitrogen and oxygen atoms in total. The van der Waals surface area contributed by atoms with Gasteiger partial charge in [-0.1, -0.05) is 40.2 Å². The number of hydrogen-bond acceptors (Lipinski definition) is 15. The fourth-order valence-corrected chi connectivity index (χ4v) is 7.36. The van der Waals surface area contributed by atoms with Crippen LogP contribution in [0, 0.1) is 34.1 Å². The van der Waals surface area contributed by atoms with Crippen molar-refractivity contribution in [3.63, 3.8) is 0 Å². The number of carbonyl (C=O) groups is 1. The standard InChI is InChI=1S/C17H14N4O4S.C14H11BrN2O6S.C4H5BN2O2/c1-12-7-17(21(22)23)16(8-15(12)13-9-18-11-19-10-13)20-26(24,25)14-5-3-2-4-6-14;1-8-5-13(17(20)21)12(7-11(8)15)16-24(22,23)10-4-2-3-9(6-10)14(18)19;8-5(9)4-1-6-3-7-2-4/h2-11,20H,1H3;2-7,16H,1H3,(H,18,19);1-3,8-9H. The number of halogens is 1. The second kappa shape index (κ2) is 19.6. The van der Waals surface area contributed by atoms with Gasteiger partial charge in [0.25, 0.3) is 31.4 Å². The van der Waals surface area contributed by atoms with Gasteiger partial charge in [-0.2, -0.15) is 0 Å². The number of aromatic carboxylic acids is 1. The maximum Gasteiger partial charge on any atom is 0.491 e. The molecule has 0 fully saturated rings. The van der Waals surface area contributed by atoms with Crippen molar-refractivity contribution in [3.8, 4) is 11.1 Å². The number of carboxylic acid groups (broad SMARTS) is 1. The second-order valence-electron chi connectivity index (χ2n) is 11.8. The third-order valence-electron chi connectivity index (χ3n) is 7.70. The summed E-state index contributed by atoms with van der Waals surface area (Å²) in [5, 5.41) is 48.5. The summed E-state index contributed by atoms with van der Waals surface area (Å²) in [4.78, 5) is 46.9. The molecular weight excluding hydrogens is 879 g/mol. The lowest BCUT2D eigenvalue weighted by Crippen LogP contribution is -2.30. The zero-order chi connectivity index (χ0) is 43.5. The summed E-state index contributed by atoms with van der Waals surface area (Å²) in [6, 6.07) is 17.6. The average Bonchev–Trinajstić information content (AvgIpc) is 3.21. The van der Waals surface area contributed by atoms with Crippen LogP contribution in [0.15, 0.2) is 131 Å². The van der Waals surface area contributed by atoms with E-state index in [9.17, 15) is 41.9 Å². The van der Waals surface area contributed by atoms with Crippen molar-refractivity contribution in [2.75, 3.05) is 9.44 Å². The molecule has 0 saturated carbocycles. The minimum atomic E-state index is -4.19. The van der Waals surface area contributed by atoms with Crippen LogP contribution in [-0.4, -0.2) is 74.9 Å². The smallest absolute Gasteiger partial charge is 0.478 e. The molecule has 2 heterocycles. The third-order valence-corrected chi connectivity index (χ3v) is 11.3. The van der Waals surface area contributed by atoms with E-state index in [0.29, 0.717) is 32.2 Å². The number of anilines is 2. The van der Waals surface area contributed by atoms with Crippen LogP contribution in [0.4, 0.5) is 22.7 Å². The van der Waals surface area contributed by atoms with E-state index < -0.39 is 48.7 Å². The number of rotatable bonds is 11. The van der Waals surface area contributed by atoms with Crippen LogP contribution in [0.25, 0.3) is 11.1 Å². The van der Waals surface area contributed by atoms with E-state index in [2.05, 4.69) is 45.3 Å². The monoisotopic (exact) mass is 908 g/mol. The number of nitrogens with one attached hydrogen (secondary N) is 2. The highest BCUT2D eigenvalue weighted by atomic mass is 79.9. The molecule has 6 aromatic rings. The van der Waals surface area contributed by atoms with Crippen LogP contribution >= 0.6 is 15.9 Å². The predicted octanol–water partition coefficient (Wildman–Crippen LogP) is 4.48. The van der Waals surface area contributed by atoms with Gasteiger partial charge in [-0.25, -0.2) is 41.6 Å². The summed E-state index contributed by atoms with van der Waals surface area (Å²) in [6.07, 6.45) is 8.48. The van der Waals surface area contributed by atoms with E-state index in [1.165, 1.54) is 79.6 Å². The van der Waals surface area contributed by atoms with Gasteiger partial charge < -0.3 is 15.2 Å². The van der Waals surface area contributed by atoms with Gasteiger partial charge in [0.05, 0.1) is 25.2 Å². The highest BCUT2D eigenvalue weighted by Gasteiger charge is 2.25. The Morgan fingerprint density at radius 2 is 1.19 bits per heavy atom. The molecule has 304 valence electrons. The van der Waals surface area contributed by atoms with Crippen molar-refractivity contribution in [2.45, 2.75) is 23.6 Å². The summed E-state index contributed by atoms with van der Waals surface area (Å²) in [5.74, 6) is -1.28. The summed E-state index contributed by atoms with van der Waals surface area (Å²) >= 11 is 3.19. The Kier molecular flexibility index (Phi) is 15.0. The molecule has 0 aliphatic rings. The Bertz CT molecular complexity index is 2700. The molecule has 0 unspecified atom stereocenters. The van der Waals surface area contributed by atoms with Crippen LogP contribution in [0.3, 0.4) is 0 Å². The number of nitrogens with zero attached hydrogens (tertiary/aromatic N) is 6. The first-order chi connectivity index (χ1) is 27.8. The number of hydrogen-bond donors (Lipinski definition) is 5. The van der Waals surface area contributed by atoms with Crippen LogP contribution in [0.2, 0.25) is 0 Å². The van der Waals surface area contributed by atoms with Gasteiger partial charge in [-0.3, -0.25) is 29.7 Å². The molecule has 24 heteroatoms. The molecule has 6 rings (SSSR count). The Labute approximate surface area is 344 Å². The van der Waals surface area contributed by atoms with Crippen molar-refractivity contribution >= 4 is 77.3 Å². The molecule has 0 radical (unpaired) electrons. The molecular formula is C35H30BBrN8O12S2. The van der Waals surface area contributed by atoms with E-state index in [-0.39, 0.29) is 32.4 Å². The van der Waals surface area contributed by atoms with Gasteiger partial charge in [-0.05, 0) is 73.0 Å². The fraction of sp³-hybridized carbons (Fsp3) is 0.0571. The molecule has 0 spiro atoms. The predicted molar refractivity (Wildman–Crippen MR) is 218 cm³/mol. The molecule has 0 amide bonds. The normalized spacial score (nSPS) is 10.8. The molecule has 59 heavy (non-hydrogen) atoms. The number of benzene rings is 4. The van der Waals surface area contributed by atoms with Crippen LogP contribution in [0.1, 0.15) is 21.5 Å². The minimum absolute atomic E-state index is 0.0134. The zero-order valence-electron chi connectivity index (χ0n) is 30.4. The van der Waals surface area contributed by atoms with Crippen molar-refractivity contribution in [3.05, 3.63) is 158 Å². The van der Waals surface area contributed by atoms with E-state index in [1.807, 2.05) is 0 Å². The lowest BCUT2D eigenvalue weighted by atomic mass is 9.83. The number of sulfonamides is 2. The van der Waals surface area contributed by atoms with Crippen molar-refractivity contribution in [1.82, 2.24) is 19.9 Å². The maximum absolute atomic E-state index is 12.6. The lowest BCUT2D eigenvalue weighted by molar-refractivity contribution is -0.384. The lowest BCUT2D eigenvalue weighted by Gasteiger charge is -2.12. The third kappa shape index (κ3) is 12.1. The SMILES string of the molecule is Cc1cc([N+](=O)[O-])c(NS(=O)(=O)c2cccc(C(=O)O)c2)cc1Br.Cc1cc([N+](=O)[O-])c(NS(=O)(=O)c2ccccc2)cc1-c1cncnc1.OB(O)c1cncnc1. The number of carboxylic acids is 1. The van der Waals surface area contributed by atoms with Gasteiger partial charge in [0, 0.05) is 52.4 Å². The van der Waals surface area contributed by atoms with Gasteiger partial charge in [-0.15, -0.1) is 0 Å². The van der Waals surface area contributed by atoms with Gasteiger partial charge in [0.2, 0.25) is 0 Å². The number of nitro benzene ring substituents is 2. The molecule has 0 aliphatic carbocycles. The molecule has 2 aromatic heterocycles. The van der Waals surface area contributed by atoms with Crippen LogP contribution < -0.4 is 14.9 Å². The topological polar surface area (TPSA) is 308 Å². The molecule has 0 saturated heterocycles. The van der Waals surface area contributed by atoms with E-state index in [1.54, 1.807) is 44.4 Å². The number of aromatic nitrogens is 4. The van der Waals surface area contributed by atoms with Gasteiger partial charge in [0.15, 0.2) is 0 Å². The largest absolute Gasteiger partial charge is 0.491 e. The van der Waals surface area contributed by atoms with E-state index in [0.717, 1.165) is 6.07 Å². The number of aryl methyl sites for hydroxylation is 2. The first kappa shape index (κ1) is 45.0. The second-order valence-corrected chi connectivity index (χ2v) is 16.1. The Morgan fingerprint density at radius 3 is 1.69 bits per heavy atom. The van der Waals surface area contributed by atoms with E-state index in [4.69, 9.17) is 15.2 Å². The molecule has 0 atom stereocenters. The maximum atomic E-state index is 12.6. The zero-order valence-corrected chi connectivity index (χ0v) is 33.7. The van der Waals surface area contributed by atoms with Gasteiger partial charge in [0.1, 0.15) is 24.0 Å². The average molecular weight is 910 g/mol. The van der Waals surface area contributed by atoms with Crippen molar-refractivity contribution < 1.29 is 46.6 Å².